The van der Waals surface area contributed by atoms with E-state index in [9.17, 15) is 4.79 Å². The smallest absolute Gasteiger partial charge is 0.242 e. The van der Waals surface area contributed by atoms with Crippen LogP contribution < -0.4 is 15.5 Å². The van der Waals surface area contributed by atoms with E-state index in [1.54, 1.807) is 6.33 Å². The molecular weight excluding hydrogens is 364 g/mol. The third kappa shape index (κ3) is 4.19. The van der Waals surface area contributed by atoms with E-state index in [1.165, 1.54) is 5.56 Å². The maximum atomic E-state index is 13.0. The summed E-state index contributed by atoms with van der Waals surface area (Å²) < 4.78 is 0. The first-order chi connectivity index (χ1) is 14.2. The average Bonchev–Trinajstić information content (AvgIpc) is 2.89. The van der Waals surface area contributed by atoms with Crippen molar-refractivity contribution in [1.29, 1.82) is 0 Å². The van der Waals surface area contributed by atoms with E-state index in [-0.39, 0.29) is 18.0 Å². The Kier molecular flexibility index (Phi) is 5.94. The lowest BCUT2D eigenvalue weighted by atomic mass is 10.0. The van der Waals surface area contributed by atoms with E-state index in [1.807, 2.05) is 22.9 Å². The second-order valence-electron chi connectivity index (χ2n) is 7.90. The summed E-state index contributed by atoms with van der Waals surface area (Å²) in [6.45, 7) is 4.99. The number of amides is 1. The van der Waals surface area contributed by atoms with Crippen LogP contribution in [-0.2, 0) is 11.3 Å². The Balaban J connectivity index is 1.66. The second kappa shape index (κ2) is 8.78. The van der Waals surface area contributed by atoms with Gasteiger partial charge in [-0.3, -0.25) is 4.79 Å². The fourth-order valence-corrected chi connectivity index (χ4v) is 4.35. The number of benzene rings is 1. The Bertz CT molecular complexity index is 836. The molecule has 1 fully saturated rings. The normalized spacial score (nSPS) is 18.9. The Morgan fingerprint density at radius 2 is 1.93 bits per heavy atom. The minimum atomic E-state index is 0.159. The van der Waals surface area contributed by atoms with Crippen LogP contribution in [0, 0.1) is 0 Å². The van der Waals surface area contributed by atoms with E-state index in [0.717, 1.165) is 49.6 Å². The molecule has 1 amide bonds. The van der Waals surface area contributed by atoms with Gasteiger partial charge in [-0.25, -0.2) is 9.97 Å². The van der Waals surface area contributed by atoms with Crippen LogP contribution in [0.3, 0.4) is 0 Å². The van der Waals surface area contributed by atoms with Crippen molar-refractivity contribution in [2.75, 3.05) is 36.9 Å². The van der Waals surface area contributed by atoms with Crippen molar-refractivity contribution in [3.05, 3.63) is 47.8 Å². The summed E-state index contributed by atoms with van der Waals surface area (Å²) in [7, 11) is 1.94. The minimum Gasteiger partial charge on any atom is -0.363 e. The van der Waals surface area contributed by atoms with Gasteiger partial charge in [0.1, 0.15) is 18.0 Å². The number of carbonyl (C=O) groups is 1. The number of carbonyl (C=O) groups excluding carboxylic acids is 1. The van der Waals surface area contributed by atoms with Gasteiger partial charge >= 0.3 is 0 Å². The van der Waals surface area contributed by atoms with Gasteiger partial charge in [0, 0.05) is 13.1 Å². The molecule has 29 heavy (non-hydrogen) atoms. The van der Waals surface area contributed by atoms with Gasteiger partial charge in [0.05, 0.1) is 24.7 Å². The standard InChI is InChI=1S/C22H30N6O/c1-3-19(16-7-5-4-6-8-16)26-21-18-13-28(17-9-11-23-12-10-17)20(29)14-27(2)22(18)25-15-24-21/h4-8,15,17,19,23H,3,9-14H2,1-2H3,(H,24,25,26)/t19-/m1/s1. The van der Waals surface area contributed by atoms with Crippen LogP contribution in [0.1, 0.15) is 43.4 Å². The lowest BCUT2D eigenvalue weighted by Crippen LogP contribution is -2.47. The zero-order valence-electron chi connectivity index (χ0n) is 17.3. The number of hydrogen-bond acceptors (Lipinski definition) is 6. The Morgan fingerprint density at radius 3 is 2.66 bits per heavy atom. The number of likely N-dealkylation sites (N-methyl/N-ethyl adjacent to an activating group) is 1. The number of hydrogen-bond donors (Lipinski definition) is 2. The van der Waals surface area contributed by atoms with Gasteiger partial charge in [0.15, 0.2) is 0 Å². The molecule has 7 nitrogen and oxygen atoms in total. The van der Waals surface area contributed by atoms with E-state index < -0.39 is 0 Å². The summed E-state index contributed by atoms with van der Waals surface area (Å²) in [5, 5.41) is 7.02. The highest BCUT2D eigenvalue weighted by atomic mass is 16.2. The van der Waals surface area contributed by atoms with Gasteiger partial charge in [0.25, 0.3) is 0 Å². The predicted octanol–water partition coefficient (Wildman–Crippen LogP) is 2.57. The molecule has 3 heterocycles. The van der Waals surface area contributed by atoms with Gasteiger partial charge in [-0.1, -0.05) is 37.3 Å². The van der Waals surface area contributed by atoms with Gasteiger partial charge in [-0.2, -0.15) is 0 Å². The van der Waals surface area contributed by atoms with Gasteiger partial charge < -0.3 is 20.4 Å². The average molecular weight is 395 g/mol. The molecule has 2 aromatic rings. The van der Waals surface area contributed by atoms with Crippen molar-refractivity contribution in [2.45, 2.75) is 44.8 Å². The molecule has 0 aliphatic carbocycles. The van der Waals surface area contributed by atoms with Crippen molar-refractivity contribution in [2.24, 2.45) is 0 Å². The zero-order valence-corrected chi connectivity index (χ0v) is 17.3. The van der Waals surface area contributed by atoms with Gasteiger partial charge in [-0.15, -0.1) is 0 Å². The monoisotopic (exact) mass is 394 g/mol. The van der Waals surface area contributed by atoms with Crippen molar-refractivity contribution < 1.29 is 4.79 Å². The van der Waals surface area contributed by atoms with Crippen LogP contribution >= 0.6 is 0 Å². The summed E-state index contributed by atoms with van der Waals surface area (Å²) in [6, 6.07) is 10.9. The van der Waals surface area contributed by atoms with E-state index >= 15 is 0 Å². The van der Waals surface area contributed by atoms with Crippen molar-refractivity contribution in [3.63, 3.8) is 0 Å². The van der Waals surface area contributed by atoms with Crippen molar-refractivity contribution in [3.8, 4) is 0 Å². The molecule has 1 aromatic heterocycles. The number of anilines is 2. The van der Waals surface area contributed by atoms with Gasteiger partial charge in [-0.05, 0) is 37.9 Å². The first kappa shape index (κ1) is 19.6. The number of piperidine rings is 1. The topological polar surface area (TPSA) is 73.4 Å². The fraction of sp³-hybridized carbons (Fsp3) is 0.500. The maximum Gasteiger partial charge on any atom is 0.242 e. The highest BCUT2D eigenvalue weighted by Crippen LogP contribution is 2.32. The SMILES string of the molecule is CC[C@@H](Nc1ncnc2c1CN(C1CCNCC1)C(=O)CN2C)c1ccccc1. The molecule has 154 valence electrons. The van der Waals surface area contributed by atoms with Crippen LogP contribution in [0.4, 0.5) is 11.6 Å². The molecule has 0 spiro atoms. The minimum absolute atomic E-state index is 0.159. The van der Waals surface area contributed by atoms with Crippen molar-refractivity contribution in [1.82, 2.24) is 20.2 Å². The van der Waals surface area contributed by atoms with Crippen LogP contribution in [0.5, 0.6) is 0 Å². The predicted molar refractivity (Wildman–Crippen MR) is 115 cm³/mol. The fourth-order valence-electron chi connectivity index (χ4n) is 4.35. The Labute approximate surface area is 172 Å². The molecule has 1 aromatic carbocycles. The molecule has 7 heteroatoms. The third-order valence-corrected chi connectivity index (χ3v) is 5.98. The number of aromatic nitrogens is 2. The molecule has 0 radical (unpaired) electrons. The Hall–Kier alpha value is -2.67. The number of nitrogens with zero attached hydrogens (tertiary/aromatic N) is 4. The molecular formula is C22H30N6O. The lowest BCUT2D eigenvalue weighted by Gasteiger charge is -2.34. The molecule has 0 bridgehead atoms. The van der Waals surface area contributed by atoms with E-state index in [0.29, 0.717) is 13.1 Å². The second-order valence-corrected chi connectivity index (χ2v) is 7.90. The molecule has 2 aliphatic rings. The van der Waals surface area contributed by atoms with Gasteiger partial charge in [0.2, 0.25) is 5.91 Å². The first-order valence-electron chi connectivity index (χ1n) is 10.5. The summed E-state index contributed by atoms with van der Waals surface area (Å²) in [5.41, 5.74) is 2.24. The number of rotatable bonds is 5. The van der Waals surface area contributed by atoms with Crippen LogP contribution in [0.2, 0.25) is 0 Å². The summed E-state index contributed by atoms with van der Waals surface area (Å²) in [5.74, 6) is 1.83. The molecule has 1 atom stereocenters. The highest BCUT2D eigenvalue weighted by Gasteiger charge is 2.32. The first-order valence-corrected chi connectivity index (χ1v) is 10.5. The summed E-state index contributed by atoms with van der Waals surface area (Å²) >= 11 is 0. The zero-order chi connectivity index (χ0) is 20.2. The number of fused-ring (bicyclic) bond motifs is 1. The van der Waals surface area contributed by atoms with Crippen LogP contribution in [0.25, 0.3) is 0 Å². The summed E-state index contributed by atoms with van der Waals surface area (Å²) in [4.78, 5) is 26.1. The van der Waals surface area contributed by atoms with E-state index in [4.69, 9.17) is 0 Å². The summed E-state index contributed by atoms with van der Waals surface area (Å²) in [6.07, 6.45) is 4.52. The molecule has 4 rings (SSSR count). The molecule has 2 aliphatic heterocycles. The molecule has 1 saturated heterocycles. The third-order valence-electron chi connectivity index (χ3n) is 5.98. The molecule has 0 saturated carbocycles. The van der Waals surface area contributed by atoms with Crippen LogP contribution in [0.15, 0.2) is 36.7 Å². The molecule has 2 N–H and O–H groups in total. The Morgan fingerprint density at radius 1 is 1.17 bits per heavy atom. The van der Waals surface area contributed by atoms with E-state index in [2.05, 4.69) is 51.8 Å². The quantitative estimate of drug-likeness (QED) is 0.812. The number of nitrogens with one attached hydrogen (secondary N) is 2. The highest BCUT2D eigenvalue weighted by molar-refractivity contribution is 5.84. The lowest BCUT2D eigenvalue weighted by molar-refractivity contribution is -0.133. The largest absolute Gasteiger partial charge is 0.363 e. The maximum absolute atomic E-state index is 13.0. The van der Waals surface area contributed by atoms with Crippen LogP contribution in [-0.4, -0.2) is 53.5 Å². The molecule has 0 unspecified atom stereocenters. The van der Waals surface area contributed by atoms with Crippen molar-refractivity contribution >= 4 is 17.5 Å².